The van der Waals surface area contributed by atoms with Crippen LogP contribution in [0.2, 0.25) is 0 Å². The van der Waals surface area contributed by atoms with Crippen LogP contribution < -0.4 is 10.3 Å². The number of fused-ring (bicyclic) bond motifs is 11. The van der Waals surface area contributed by atoms with Crippen LogP contribution in [0.4, 0.5) is 17.1 Å². The van der Waals surface area contributed by atoms with E-state index >= 15 is 0 Å². The predicted molar refractivity (Wildman–Crippen MR) is 191 cm³/mol. The monoisotopic (exact) mass is 601 g/mol. The molecule has 220 valence electrons. The smallest absolute Gasteiger partial charge is 0.200 e. The molecule has 1 aliphatic heterocycles. The standard InChI is InChI=1S/C44H27NO2/c46-43-32-24-23-29(28-13-3-1-4-14-28)25-41(32)47-42-27-33-31-17-7-8-18-35(31)44(38(33)26-34(42)43)36-19-9-11-21-39(36)45(30-15-5-2-6-16-30)40-22-12-10-20-37(40)44/h1-27H. The van der Waals surface area contributed by atoms with Gasteiger partial charge in [-0.2, -0.15) is 0 Å². The Morgan fingerprint density at radius 3 is 1.77 bits per heavy atom. The quantitative estimate of drug-likeness (QED) is 0.185. The van der Waals surface area contributed by atoms with E-state index in [1.54, 1.807) is 0 Å². The first-order valence-corrected chi connectivity index (χ1v) is 16.0. The fraction of sp³-hybridized carbons (Fsp3) is 0.0227. The number of hydrogen-bond donors (Lipinski definition) is 0. The maximum atomic E-state index is 14.3. The van der Waals surface area contributed by atoms with Crippen molar-refractivity contribution in [1.29, 1.82) is 0 Å². The largest absolute Gasteiger partial charge is 0.456 e. The summed E-state index contributed by atoms with van der Waals surface area (Å²) < 4.78 is 6.61. The molecule has 0 bridgehead atoms. The fourth-order valence-corrected chi connectivity index (χ4v) is 8.11. The van der Waals surface area contributed by atoms with E-state index in [-0.39, 0.29) is 5.43 Å². The van der Waals surface area contributed by atoms with Crippen molar-refractivity contribution in [3.8, 4) is 22.3 Å². The first kappa shape index (κ1) is 26.1. The van der Waals surface area contributed by atoms with E-state index in [2.05, 4.69) is 132 Å². The SMILES string of the molecule is O=c1c2ccc(-c3ccccc3)cc2oc2cc3c(cc12)C1(c2ccccc2-3)c2ccccc2N(c2ccccc2)c2ccccc21. The molecule has 10 rings (SSSR count). The van der Waals surface area contributed by atoms with Crippen molar-refractivity contribution in [2.75, 3.05) is 4.90 Å². The van der Waals surface area contributed by atoms with Gasteiger partial charge < -0.3 is 9.32 Å². The van der Waals surface area contributed by atoms with Crippen molar-refractivity contribution in [3.63, 3.8) is 0 Å². The van der Waals surface area contributed by atoms with Crippen LogP contribution >= 0.6 is 0 Å². The molecule has 2 aliphatic rings. The van der Waals surface area contributed by atoms with Crippen LogP contribution in [0.25, 0.3) is 44.2 Å². The summed E-state index contributed by atoms with van der Waals surface area (Å²) in [5.74, 6) is 0. The molecule has 3 heteroatoms. The zero-order valence-corrected chi connectivity index (χ0v) is 25.4. The predicted octanol–water partition coefficient (Wildman–Crippen LogP) is 10.8. The second-order valence-electron chi connectivity index (χ2n) is 12.4. The highest BCUT2D eigenvalue weighted by atomic mass is 16.3. The van der Waals surface area contributed by atoms with Crippen LogP contribution in [0.3, 0.4) is 0 Å². The molecule has 0 atom stereocenters. The molecule has 0 fully saturated rings. The van der Waals surface area contributed by atoms with E-state index in [1.807, 2.05) is 36.4 Å². The Morgan fingerprint density at radius 2 is 1.04 bits per heavy atom. The first-order chi connectivity index (χ1) is 23.2. The Morgan fingerprint density at radius 1 is 0.447 bits per heavy atom. The summed E-state index contributed by atoms with van der Waals surface area (Å²) >= 11 is 0. The number of anilines is 3. The second-order valence-corrected chi connectivity index (χ2v) is 12.4. The van der Waals surface area contributed by atoms with Gasteiger partial charge in [-0.1, -0.05) is 115 Å². The summed E-state index contributed by atoms with van der Waals surface area (Å²) in [6.07, 6.45) is 0. The zero-order chi connectivity index (χ0) is 31.1. The highest BCUT2D eigenvalue weighted by Gasteiger charge is 2.51. The molecule has 0 saturated carbocycles. The van der Waals surface area contributed by atoms with Crippen molar-refractivity contribution in [2.45, 2.75) is 5.41 Å². The third kappa shape index (κ3) is 3.48. The van der Waals surface area contributed by atoms with Gasteiger partial charge in [0.2, 0.25) is 5.43 Å². The van der Waals surface area contributed by atoms with Gasteiger partial charge in [0.1, 0.15) is 11.2 Å². The fourth-order valence-electron chi connectivity index (χ4n) is 8.11. The zero-order valence-electron chi connectivity index (χ0n) is 25.4. The van der Waals surface area contributed by atoms with Gasteiger partial charge in [0.25, 0.3) is 0 Å². The summed E-state index contributed by atoms with van der Waals surface area (Å²) in [5, 5.41) is 1.18. The summed E-state index contributed by atoms with van der Waals surface area (Å²) in [6.45, 7) is 0. The Bertz CT molecular complexity index is 2550. The molecular weight excluding hydrogens is 574 g/mol. The van der Waals surface area contributed by atoms with E-state index in [1.165, 1.54) is 16.7 Å². The van der Waals surface area contributed by atoms with Crippen molar-refractivity contribution in [3.05, 3.63) is 196 Å². The Kier molecular flexibility index (Phi) is 5.35. The van der Waals surface area contributed by atoms with Gasteiger partial charge in [0.15, 0.2) is 0 Å². The maximum Gasteiger partial charge on any atom is 0.200 e. The summed E-state index contributed by atoms with van der Waals surface area (Å²) in [4.78, 5) is 16.7. The van der Waals surface area contributed by atoms with Crippen LogP contribution in [0.1, 0.15) is 22.3 Å². The summed E-state index contributed by atoms with van der Waals surface area (Å²) in [5.41, 5.74) is 12.9. The average molecular weight is 602 g/mol. The van der Waals surface area contributed by atoms with E-state index < -0.39 is 5.41 Å². The Balaban J connectivity index is 1.30. The maximum absolute atomic E-state index is 14.3. The minimum Gasteiger partial charge on any atom is -0.456 e. The number of nitrogens with zero attached hydrogens (tertiary/aromatic N) is 1. The Labute approximate surface area is 271 Å². The average Bonchev–Trinajstić information content (AvgIpc) is 3.41. The van der Waals surface area contributed by atoms with Crippen molar-refractivity contribution in [2.24, 2.45) is 0 Å². The highest BCUT2D eigenvalue weighted by molar-refractivity contribution is 6.01. The van der Waals surface area contributed by atoms with Crippen molar-refractivity contribution < 1.29 is 4.42 Å². The number of hydrogen-bond acceptors (Lipinski definition) is 3. The van der Waals surface area contributed by atoms with Gasteiger partial charge in [-0.05, 0) is 93.0 Å². The number of para-hydroxylation sites is 3. The number of rotatable bonds is 2. The minimum absolute atomic E-state index is 0.0157. The van der Waals surface area contributed by atoms with Crippen LogP contribution in [0.5, 0.6) is 0 Å². The number of benzene rings is 7. The van der Waals surface area contributed by atoms with Crippen molar-refractivity contribution >= 4 is 39.0 Å². The topological polar surface area (TPSA) is 33.5 Å². The van der Waals surface area contributed by atoms with E-state index in [0.29, 0.717) is 21.9 Å². The van der Waals surface area contributed by atoms with Gasteiger partial charge in [0.05, 0.1) is 27.6 Å². The normalized spacial score (nSPS) is 13.7. The molecule has 3 nitrogen and oxygen atoms in total. The molecule has 8 aromatic rings. The molecule has 2 heterocycles. The molecule has 0 N–H and O–H groups in total. The third-order valence-electron chi connectivity index (χ3n) is 10.1. The third-order valence-corrected chi connectivity index (χ3v) is 10.1. The molecule has 0 radical (unpaired) electrons. The second kappa shape index (κ2) is 9.65. The lowest BCUT2D eigenvalue weighted by molar-refractivity contribution is 0.659. The van der Waals surface area contributed by atoms with Crippen LogP contribution in [0, 0.1) is 0 Å². The van der Waals surface area contributed by atoms with E-state index in [0.717, 1.165) is 44.9 Å². The molecule has 1 spiro atoms. The van der Waals surface area contributed by atoms with E-state index in [9.17, 15) is 4.79 Å². The lowest BCUT2D eigenvalue weighted by Gasteiger charge is -2.45. The first-order valence-electron chi connectivity index (χ1n) is 16.0. The van der Waals surface area contributed by atoms with E-state index in [4.69, 9.17) is 4.42 Å². The minimum atomic E-state index is -0.628. The van der Waals surface area contributed by atoms with Gasteiger partial charge in [-0.15, -0.1) is 0 Å². The summed E-state index contributed by atoms with van der Waals surface area (Å²) in [7, 11) is 0. The van der Waals surface area contributed by atoms with Gasteiger partial charge in [-0.3, -0.25) is 4.79 Å². The lowest BCUT2D eigenvalue weighted by Crippen LogP contribution is -2.36. The van der Waals surface area contributed by atoms with Crippen molar-refractivity contribution in [1.82, 2.24) is 0 Å². The van der Waals surface area contributed by atoms with Gasteiger partial charge in [0, 0.05) is 5.69 Å². The van der Waals surface area contributed by atoms with Gasteiger partial charge in [-0.25, -0.2) is 0 Å². The molecule has 47 heavy (non-hydrogen) atoms. The molecule has 1 aliphatic carbocycles. The Hall–Kier alpha value is -6.19. The molecule has 1 aromatic heterocycles. The molecule has 7 aromatic carbocycles. The van der Waals surface area contributed by atoms with Crippen LogP contribution in [-0.2, 0) is 5.41 Å². The van der Waals surface area contributed by atoms with Crippen LogP contribution in [-0.4, -0.2) is 0 Å². The lowest BCUT2D eigenvalue weighted by atomic mass is 9.64. The molecular formula is C44H27NO2. The molecule has 0 amide bonds. The highest BCUT2D eigenvalue weighted by Crippen LogP contribution is 2.63. The van der Waals surface area contributed by atoms with Crippen LogP contribution in [0.15, 0.2) is 173 Å². The summed E-state index contributed by atoms with van der Waals surface area (Å²) in [6, 6.07) is 57.0. The molecule has 0 saturated heterocycles. The molecule has 0 unspecified atom stereocenters. The van der Waals surface area contributed by atoms with Gasteiger partial charge >= 0.3 is 0 Å².